The quantitative estimate of drug-likeness (QED) is 0.129. The van der Waals surface area contributed by atoms with Crippen molar-refractivity contribution in [2.75, 3.05) is 0 Å². The van der Waals surface area contributed by atoms with E-state index in [2.05, 4.69) is 185 Å². The van der Waals surface area contributed by atoms with Crippen molar-refractivity contribution in [2.24, 2.45) is 0 Å². The van der Waals surface area contributed by atoms with Crippen LogP contribution >= 0.6 is 0 Å². The molecular weight excluding hydrogens is 1280 g/mol. The van der Waals surface area contributed by atoms with Gasteiger partial charge in [-0.15, -0.1) is 0 Å². The number of aromatic nitrogens is 8. The highest BCUT2D eigenvalue weighted by atomic mass is 16.3. The SMILES string of the molecule is N#Cc1ccc2c(c1)c1ccc(-c3cccc4c3oc3ccccc34)cc1n2-c1ccc(-c2nc(-c3ccccc3)nc(-c3ccccc3)n2)cc1.N#Cc1cccc(-c2nc(-c3ccccc3)nc(-c3ccc(-n4c5ccccc5c5ccc(-c6cccc7c6oc6ccccc67)cc54)cc3)n2)c1. The lowest BCUT2D eigenvalue weighted by Crippen LogP contribution is -2.00. The molecule has 484 valence electrons. The van der Waals surface area contributed by atoms with Crippen LogP contribution in [-0.4, -0.2) is 39.0 Å². The Morgan fingerprint density at radius 2 is 0.577 bits per heavy atom. The van der Waals surface area contributed by atoms with Crippen LogP contribution in [0.5, 0.6) is 0 Å². The first kappa shape index (κ1) is 60.5. The second-order valence-corrected chi connectivity index (χ2v) is 25.6. The Morgan fingerprint density at radius 3 is 1.05 bits per heavy atom. The van der Waals surface area contributed by atoms with Crippen LogP contribution in [0.25, 0.3) is 189 Å². The number of benzene rings is 14. The number of hydrogen-bond acceptors (Lipinski definition) is 10. The van der Waals surface area contributed by atoms with Gasteiger partial charge in [0.05, 0.1) is 45.3 Å². The van der Waals surface area contributed by atoms with Gasteiger partial charge in [0.1, 0.15) is 22.3 Å². The van der Waals surface area contributed by atoms with Gasteiger partial charge in [0, 0.05) is 99.0 Å². The molecule has 0 aliphatic heterocycles. The summed E-state index contributed by atoms with van der Waals surface area (Å²) in [7, 11) is 0. The number of hydrogen-bond donors (Lipinski definition) is 0. The summed E-state index contributed by atoms with van der Waals surface area (Å²) in [5.74, 6) is 3.48. The molecule has 0 amide bonds. The third-order valence-corrected chi connectivity index (χ3v) is 19.4. The highest BCUT2D eigenvalue weighted by Crippen LogP contribution is 2.43. The van der Waals surface area contributed by atoms with E-state index in [4.69, 9.17) is 38.7 Å². The molecule has 20 rings (SSSR count). The fourth-order valence-corrected chi connectivity index (χ4v) is 14.4. The van der Waals surface area contributed by atoms with Crippen LogP contribution in [0.4, 0.5) is 0 Å². The number of nitriles is 2. The maximum atomic E-state index is 9.79. The van der Waals surface area contributed by atoms with Crippen molar-refractivity contribution in [1.29, 1.82) is 10.5 Å². The molecule has 6 heterocycles. The Morgan fingerprint density at radius 1 is 0.231 bits per heavy atom. The molecule has 12 heteroatoms. The van der Waals surface area contributed by atoms with E-state index in [1.165, 1.54) is 10.8 Å². The van der Waals surface area contributed by atoms with Gasteiger partial charge in [-0.25, -0.2) is 29.9 Å². The van der Waals surface area contributed by atoms with Gasteiger partial charge >= 0.3 is 0 Å². The Labute approximate surface area is 595 Å². The summed E-state index contributed by atoms with van der Waals surface area (Å²) in [6.45, 7) is 0. The zero-order valence-electron chi connectivity index (χ0n) is 55.5. The summed E-state index contributed by atoms with van der Waals surface area (Å²) < 4.78 is 17.4. The average Bonchev–Trinajstić information content (AvgIpc) is 1.58. The largest absolute Gasteiger partial charge is 0.455 e. The minimum Gasteiger partial charge on any atom is -0.455 e. The molecule has 0 fully saturated rings. The van der Waals surface area contributed by atoms with Crippen molar-refractivity contribution in [1.82, 2.24) is 39.0 Å². The molecule has 0 saturated carbocycles. The number of furan rings is 2. The Bertz CT molecular complexity index is 6810. The van der Waals surface area contributed by atoms with E-state index in [1.54, 1.807) is 6.07 Å². The molecule has 0 N–H and O–H groups in total. The molecule has 0 aliphatic carbocycles. The van der Waals surface area contributed by atoms with E-state index in [9.17, 15) is 10.5 Å². The second-order valence-electron chi connectivity index (χ2n) is 25.6. The molecule has 0 saturated heterocycles. The average molecular weight is 1330 g/mol. The predicted molar refractivity (Wildman–Crippen MR) is 416 cm³/mol. The van der Waals surface area contributed by atoms with Crippen LogP contribution in [-0.2, 0) is 0 Å². The van der Waals surface area contributed by atoms with Crippen LogP contribution in [0.1, 0.15) is 11.1 Å². The van der Waals surface area contributed by atoms with Gasteiger partial charge in [-0.2, -0.15) is 10.5 Å². The number of rotatable bonds is 10. The first-order valence-corrected chi connectivity index (χ1v) is 34.2. The van der Waals surface area contributed by atoms with Crippen LogP contribution in [0, 0.1) is 22.7 Å². The van der Waals surface area contributed by atoms with Crippen molar-refractivity contribution in [3.05, 3.63) is 339 Å². The van der Waals surface area contributed by atoms with Crippen molar-refractivity contribution in [2.45, 2.75) is 0 Å². The van der Waals surface area contributed by atoms with Gasteiger partial charge < -0.3 is 18.0 Å². The van der Waals surface area contributed by atoms with Crippen molar-refractivity contribution < 1.29 is 8.83 Å². The molecule has 0 atom stereocenters. The molecule has 20 aromatic rings. The minimum absolute atomic E-state index is 0.513. The van der Waals surface area contributed by atoms with Crippen molar-refractivity contribution >= 4 is 87.5 Å². The van der Waals surface area contributed by atoms with Gasteiger partial charge in [0.2, 0.25) is 0 Å². The van der Waals surface area contributed by atoms with Gasteiger partial charge in [0.25, 0.3) is 0 Å². The van der Waals surface area contributed by atoms with Crippen molar-refractivity contribution in [3.63, 3.8) is 0 Å². The highest BCUT2D eigenvalue weighted by molar-refractivity contribution is 6.15. The maximum Gasteiger partial charge on any atom is 0.164 e. The van der Waals surface area contributed by atoms with Crippen LogP contribution < -0.4 is 0 Å². The topological polar surface area (TPSA) is 161 Å². The van der Waals surface area contributed by atoms with Gasteiger partial charge in [0.15, 0.2) is 34.9 Å². The first-order valence-electron chi connectivity index (χ1n) is 34.2. The number of nitrogens with zero attached hydrogens (tertiary/aromatic N) is 10. The van der Waals surface area contributed by atoms with E-state index in [0.717, 1.165) is 144 Å². The van der Waals surface area contributed by atoms with E-state index in [1.807, 2.05) is 158 Å². The molecule has 0 aliphatic rings. The summed E-state index contributed by atoms with van der Waals surface area (Å²) in [4.78, 5) is 29.4. The van der Waals surface area contributed by atoms with Gasteiger partial charge in [-0.05, 0) is 120 Å². The molecule has 0 unspecified atom stereocenters. The normalized spacial score (nSPS) is 11.4. The summed E-state index contributed by atoms with van der Waals surface area (Å²) in [6.07, 6.45) is 0. The van der Waals surface area contributed by atoms with Gasteiger partial charge in [-0.3, -0.25) is 0 Å². The Kier molecular flexibility index (Phi) is 14.7. The highest BCUT2D eigenvalue weighted by Gasteiger charge is 2.22. The van der Waals surface area contributed by atoms with Crippen LogP contribution in [0.2, 0.25) is 0 Å². The predicted octanol–water partition coefficient (Wildman–Crippen LogP) is 22.8. The summed E-state index contributed by atoms with van der Waals surface area (Å²) in [5, 5.41) is 28.2. The van der Waals surface area contributed by atoms with E-state index < -0.39 is 0 Å². The third-order valence-electron chi connectivity index (χ3n) is 19.4. The lowest BCUT2D eigenvalue weighted by molar-refractivity contribution is 0.669. The Balaban J connectivity index is 0.000000143. The van der Waals surface area contributed by atoms with Crippen LogP contribution in [0.3, 0.4) is 0 Å². The van der Waals surface area contributed by atoms with E-state index in [-0.39, 0.29) is 0 Å². The molecule has 12 nitrogen and oxygen atoms in total. The van der Waals surface area contributed by atoms with E-state index in [0.29, 0.717) is 46.1 Å². The molecule has 0 spiro atoms. The Hall–Kier alpha value is -14.7. The summed E-state index contributed by atoms with van der Waals surface area (Å²) in [5.41, 5.74) is 20.4. The maximum absolute atomic E-state index is 9.79. The van der Waals surface area contributed by atoms with Gasteiger partial charge in [-0.1, -0.05) is 218 Å². The number of fused-ring (bicyclic) bond motifs is 12. The molecule has 6 aromatic heterocycles. The molecular formula is C92H54N10O2. The molecule has 0 radical (unpaired) electrons. The smallest absolute Gasteiger partial charge is 0.164 e. The minimum atomic E-state index is 0.513. The standard InChI is InChI=1S/2C46H27N5O/c47-28-29-18-25-40-39(26-29)36-24-21-33(35-15-9-16-38-37-14-7-8-17-42(37)52-43(35)38)27-41(36)51(40)34-22-19-32(20-23-34)46-49-44(30-10-3-1-4-11-30)48-45(50-46)31-12-5-2-6-13-31;47-28-29-10-8-13-33(26-29)46-49-44(30-11-2-1-3-12-30)48-45(50-46)31-20-23-34(24-21-31)51-40-18-6-4-14-36(40)37-25-22-32(27-41(37)51)35-16-9-17-39-38-15-5-7-19-42(38)52-43(35)39/h2*1-27H. The third kappa shape index (κ3) is 10.6. The fourth-order valence-electron chi connectivity index (χ4n) is 14.4. The lowest BCUT2D eigenvalue weighted by atomic mass is 10.0. The first-order chi connectivity index (χ1) is 51.4. The zero-order valence-corrected chi connectivity index (χ0v) is 55.5. The summed E-state index contributed by atoms with van der Waals surface area (Å²) in [6, 6.07) is 115. The lowest BCUT2D eigenvalue weighted by Gasteiger charge is -2.11. The molecule has 14 aromatic carbocycles. The molecule has 104 heavy (non-hydrogen) atoms. The van der Waals surface area contributed by atoms with E-state index >= 15 is 0 Å². The van der Waals surface area contributed by atoms with Crippen molar-refractivity contribution in [3.8, 4) is 114 Å². The zero-order chi connectivity index (χ0) is 69.2. The summed E-state index contributed by atoms with van der Waals surface area (Å²) >= 11 is 0. The fraction of sp³-hybridized carbons (Fsp3) is 0. The molecule has 0 bridgehead atoms. The second kappa shape index (κ2) is 25.2. The monoisotopic (exact) mass is 1330 g/mol. The number of para-hydroxylation sites is 5. The van der Waals surface area contributed by atoms with Crippen LogP contribution in [0.15, 0.2) is 336 Å².